The quantitative estimate of drug-likeness (QED) is 0.310. The molecule has 0 aliphatic heterocycles. The SMILES string of the molecule is CCOC(=O)C(C(=O)OCC)C(OCC)C(Sc1ccccc1)c1ccccn1. The molecule has 0 saturated carbocycles. The van der Waals surface area contributed by atoms with Gasteiger partial charge in [0.2, 0.25) is 0 Å². The largest absolute Gasteiger partial charge is 0.465 e. The second-order valence-electron chi connectivity index (χ2n) is 6.01. The van der Waals surface area contributed by atoms with Crippen molar-refractivity contribution in [3.8, 4) is 0 Å². The second kappa shape index (κ2) is 12.2. The Bertz CT molecular complexity index is 738. The summed E-state index contributed by atoms with van der Waals surface area (Å²) in [7, 11) is 0. The van der Waals surface area contributed by atoms with Gasteiger partial charge in [0, 0.05) is 17.7 Å². The van der Waals surface area contributed by atoms with Crippen LogP contribution in [0.25, 0.3) is 0 Å². The summed E-state index contributed by atoms with van der Waals surface area (Å²) in [5.74, 6) is -2.52. The summed E-state index contributed by atoms with van der Waals surface area (Å²) < 4.78 is 16.3. The Morgan fingerprint density at radius 3 is 2.03 bits per heavy atom. The zero-order valence-corrected chi connectivity index (χ0v) is 17.8. The van der Waals surface area contributed by atoms with Crippen LogP contribution >= 0.6 is 11.8 Å². The van der Waals surface area contributed by atoms with Crippen LogP contribution in [0.4, 0.5) is 0 Å². The lowest BCUT2D eigenvalue weighted by Crippen LogP contribution is -2.42. The molecule has 2 unspecified atom stereocenters. The number of aromatic nitrogens is 1. The van der Waals surface area contributed by atoms with Gasteiger partial charge in [-0.1, -0.05) is 24.3 Å². The summed E-state index contributed by atoms with van der Waals surface area (Å²) in [6.45, 7) is 5.86. The first-order chi connectivity index (χ1) is 14.1. The van der Waals surface area contributed by atoms with Gasteiger partial charge in [0.15, 0.2) is 5.92 Å². The minimum atomic E-state index is -1.21. The van der Waals surface area contributed by atoms with Crippen LogP contribution in [0.3, 0.4) is 0 Å². The number of rotatable bonds is 11. The van der Waals surface area contributed by atoms with E-state index in [9.17, 15) is 9.59 Å². The van der Waals surface area contributed by atoms with Gasteiger partial charge in [-0.2, -0.15) is 0 Å². The van der Waals surface area contributed by atoms with Gasteiger partial charge >= 0.3 is 11.9 Å². The minimum absolute atomic E-state index is 0.160. The Balaban J connectivity index is 2.49. The van der Waals surface area contributed by atoms with Crippen LogP contribution in [-0.4, -0.2) is 42.8 Å². The molecule has 2 aromatic rings. The van der Waals surface area contributed by atoms with Crippen molar-refractivity contribution in [2.75, 3.05) is 19.8 Å². The average Bonchev–Trinajstić information content (AvgIpc) is 2.73. The molecule has 1 aromatic carbocycles. The number of carbonyl (C=O) groups is 2. The smallest absolute Gasteiger partial charge is 0.323 e. The average molecular weight is 418 g/mol. The number of carbonyl (C=O) groups excluding carboxylic acids is 2. The topological polar surface area (TPSA) is 74.7 Å². The normalized spacial score (nSPS) is 13.0. The van der Waals surface area contributed by atoms with E-state index < -0.39 is 29.2 Å². The van der Waals surface area contributed by atoms with Crippen molar-refractivity contribution in [1.82, 2.24) is 4.98 Å². The second-order valence-corrected chi connectivity index (χ2v) is 7.22. The van der Waals surface area contributed by atoms with Crippen molar-refractivity contribution < 1.29 is 23.8 Å². The molecule has 0 radical (unpaired) electrons. The van der Waals surface area contributed by atoms with Gasteiger partial charge in [0.1, 0.15) is 0 Å². The van der Waals surface area contributed by atoms with E-state index in [1.165, 1.54) is 11.8 Å². The molecule has 1 aromatic heterocycles. The monoisotopic (exact) mass is 417 g/mol. The number of benzene rings is 1. The van der Waals surface area contributed by atoms with Crippen molar-refractivity contribution >= 4 is 23.7 Å². The first-order valence-electron chi connectivity index (χ1n) is 9.69. The van der Waals surface area contributed by atoms with Crippen LogP contribution in [0.2, 0.25) is 0 Å². The van der Waals surface area contributed by atoms with Crippen molar-refractivity contribution in [2.45, 2.75) is 37.0 Å². The van der Waals surface area contributed by atoms with Crippen LogP contribution in [0.5, 0.6) is 0 Å². The number of thioether (sulfide) groups is 1. The van der Waals surface area contributed by atoms with Gasteiger partial charge in [-0.25, -0.2) is 0 Å². The number of ether oxygens (including phenoxy) is 3. The predicted octanol–water partition coefficient (Wildman–Crippen LogP) is 4.06. The van der Waals surface area contributed by atoms with Gasteiger partial charge in [0.25, 0.3) is 0 Å². The van der Waals surface area contributed by atoms with Crippen LogP contribution in [0.15, 0.2) is 59.6 Å². The van der Waals surface area contributed by atoms with E-state index in [0.717, 1.165) is 4.90 Å². The summed E-state index contributed by atoms with van der Waals surface area (Å²) in [4.78, 5) is 30.9. The molecule has 2 atom stereocenters. The Morgan fingerprint density at radius 1 is 0.897 bits per heavy atom. The molecule has 6 nitrogen and oxygen atoms in total. The number of nitrogens with zero attached hydrogens (tertiary/aromatic N) is 1. The van der Waals surface area contributed by atoms with Crippen molar-refractivity contribution in [3.05, 3.63) is 60.4 Å². The molecule has 1 heterocycles. The maximum Gasteiger partial charge on any atom is 0.323 e. The molecule has 0 amide bonds. The molecule has 7 heteroatoms. The lowest BCUT2D eigenvalue weighted by molar-refractivity contribution is -0.169. The van der Waals surface area contributed by atoms with Gasteiger partial charge < -0.3 is 14.2 Å². The van der Waals surface area contributed by atoms with Crippen LogP contribution < -0.4 is 0 Å². The Hall–Kier alpha value is -2.38. The highest BCUT2D eigenvalue weighted by atomic mass is 32.2. The summed E-state index contributed by atoms with van der Waals surface area (Å²) in [6, 6.07) is 15.3. The molecule has 0 bridgehead atoms. The fraction of sp³-hybridized carbons (Fsp3) is 0.409. The van der Waals surface area contributed by atoms with Crippen LogP contribution in [0.1, 0.15) is 31.7 Å². The fourth-order valence-corrected chi connectivity index (χ4v) is 4.10. The van der Waals surface area contributed by atoms with Gasteiger partial charge in [0.05, 0.1) is 30.3 Å². The third-order valence-electron chi connectivity index (χ3n) is 4.05. The lowest BCUT2D eigenvalue weighted by atomic mass is 9.97. The van der Waals surface area contributed by atoms with Crippen LogP contribution in [0, 0.1) is 5.92 Å². The van der Waals surface area contributed by atoms with E-state index in [4.69, 9.17) is 14.2 Å². The van der Waals surface area contributed by atoms with E-state index in [0.29, 0.717) is 12.3 Å². The standard InChI is InChI=1S/C22H27NO5S/c1-4-26-19(18(21(24)27-5-2)22(25)28-6-3)20(17-14-10-11-15-23-17)29-16-12-8-7-9-13-16/h7-15,18-20H,4-6H2,1-3H3. The molecule has 0 aliphatic rings. The molecular weight excluding hydrogens is 390 g/mol. The molecule has 2 rings (SSSR count). The van der Waals surface area contributed by atoms with Gasteiger partial charge in [-0.3, -0.25) is 14.6 Å². The first-order valence-corrected chi connectivity index (χ1v) is 10.6. The summed E-state index contributed by atoms with van der Waals surface area (Å²) in [5, 5.41) is -0.419. The van der Waals surface area contributed by atoms with E-state index in [2.05, 4.69) is 4.98 Å². The maximum atomic E-state index is 12.7. The molecule has 0 saturated heterocycles. The highest BCUT2D eigenvalue weighted by molar-refractivity contribution is 7.99. The zero-order valence-electron chi connectivity index (χ0n) is 16.9. The molecule has 0 spiro atoms. The maximum absolute atomic E-state index is 12.7. The highest BCUT2D eigenvalue weighted by Crippen LogP contribution is 2.41. The summed E-state index contributed by atoms with van der Waals surface area (Å²) >= 11 is 1.49. The van der Waals surface area contributed by atoms with E-state index in [1.54, 1.807) is 20.0 Å². The van der Waals surface area contributed by atoms with E-state index in [1.807, 2.05) is 55.5 Å². The highest BCUT2D eigenvalue weighted by Gasteiger charge is 2.44. The Labute approximate surface area is 176 Å². The predicted molar refractivity (Wildman–Crippen MR) is 111 cm³/mol. The minimum Gasteiger partial charge on any atom is -0.465 e. The third-order valence-corrected chi connectivity index (χ3v) is 5.36. The van der Waals surface area contributed by atoms with Gasteiger partial charge in [-0.05, 0) is 45.0 Å². The van der Waals surface area contributed by atoms with Gasteiger partial charge in [-0.15, -0.1) is 11.8 Å². The number of pyridine rings is 1. The fourth-order valence-electron chi connectivity index (χ4n) is 2.87. The number of hydrogen-bond acceptors (Lipinski definition) is 7. The summed E-state index contributed by atoms with van der Waals surface area (Å²) in [6.07, 6.45) is 0.874. The third kappa shape index (κ3) is 6.58. The van der Waals surface area contributed by atoms with E-state index in [-0.39, 0.29) is 13.2 Å². The lowest BCUT2D eigenvalue weighted by Gasteiger charge is -2.30. The summed E-state index contributed by atoms with van der Waals surface area (Å²) in [5.41, 5.74) is 0.707. The molecule has 29 heavy (non-hydrogen) atoms. The molecule has 156 valence electrons. The van der Waals surface area contributed by atoms with Crippen molar-refractivity contribution in [1.29, 1.82) is 0 Å². The number of esters is 2. The Kier molecular flexibility index (Phi) is 9.67. The zero-order chi connectivity index (χ0) is 21.1. The first kappa shape index (κ1) is 22.9. The molecule has 0 fully saturated rings. The molecule has 0 aliphatic carbocycles. The van der Waals surface area contributed by atoms with E-state index >= 15 is 0 Å². The van der Waals surface area contributed by atoms with Crippen molar-refractivity contribution in [2.24, 2.45) is 5.92 Å². The Morgan fingerprint density at radius 2 is 1.52 bits per heavy atom. The van der Waals surface area contributed by atoms with Crippen molar-refractivity contribution in [3.63, 3.8) is 0 Å². The molecular formula is C22H27NO5S. The molecule has 0 N–H and O–H groups in total. The van der Waals surface area contributed by atoms with Crippen LogP contribution in [-0.2, 0) is 23.8 Å². The number of hydrogen-bond donors (Lipinski definition) is 0.